The lowest BCUT2D eigenvalue weighted by atomic mass is 10.1. The molecule has 1 aromatic heterocycles. The van der Waals surface area contributed by atoms with Crippen molar-refractivity contribution in [1.29, 1.82) is 0 Å². The van der Waals surface area contributed by atoms with Gasteiger partial charge in [-0.2, -0.15) is 0 Å². The second kappa shape index (κ2) is 6.45. The van der Waals surface area contributed by atoms with Crippen LogP contribution in [0.3, 0.4) is 0 Å². The maximum Gasteiger partial charge on any atom is 0.227 e. The van der Waals surface area contributed by atoms with Gasteiger partial charge in [0.25, 0.3) is 0 Å². The highest BCUT2D eigenvalue weighted by atomic mass is 19.2. The minimum absolute atomic E-state index is 0.0398. The molecule has 2 aromatic rings. The lowest BCUT2D eigenvalue weighted by Gasteiger charge is -2.35. The zero-order chi connectivity index (χ0) is 16.4. The average Bonchev–Trinajstić information content (AvgIpc) is 2.97. The van der Waals surface area contributed by atoms with Crippen molar-refractivity contribution in [1.82, 2.24) is 19.8 Å². The van der Waals surface area contributed by atoms with Crippen LogP contribution in [0.15, 0.2) is 30.6 Å². The first kappa shape index (κ1) is 15.6. The molecule has 1 aliphatic rings. The highest BCUT2D eigenvalue weighted by Crippen LogP contribution is 2.21. The Morgan fingerprint density at radius 1 is 1.39 bits per heavy atom. The van der Waals surface area contributed by atoms with Crippen LogP contribution in [0.5, 0.6) is 0 Å². The maximum atomic E-state index is 13.3. The highest BCUT2D eigenvalue weighted by molar-refractivity contribution is 5.79. The molecule has 1 amide bonds. The number of nitrogens with one attached hydrogen (secondary N) is 1. The van der Waals surface area contributed by atoms with Gasteiger partial charge in [0, 0.05) is 39.1 Å². The smallest absolute Gasteiger partial charge is 0.227 e. The van der Waals surface area contributed by atoms with E-state index in [1.165, 1.54) is 6.07 Å². The zero-order valence-electron chi connectivity index (χ0n) is 12.8. The number of carbonyl (C=O) groups is 1. The van der Waals surface area contributed by atoms with Crippen molar-refractivity contribution in [2.24, 2.45) is 7.05 Å². The molecule has 2 heterocycles. The number of aryl methyl sites for hydroxylation is 1. The van der Waals surface area contributed by atoms with Crippen LogP contribution in [0, 0.1) is 11.6 Å². The molecule has 0 radical (unpaired) electrons. The standard InChI is InChI=1S/C16H18F2N4O/c1-21-6-5-20-16(21)14-10-19-4-7-22(14)15(23)9-11-2-3-12(17)13(18)8-11/h2-3,5-6,8,14,19H,4,7,9-10H2,1H3. The molecule has 1 fully saturated rings. The van der Waals surface area contributed by atoms with Gasteiger partial charge in [0.2, 0.25) is 5.91 Å². The topological polar surface area (TPSA) is 50.2 Å². The van der Waals surface area contributed by atoms with Gasteiger partial charge in [-0.05, 0) is 17.7 Å². The lowest BCUT2D eigenvalue weighted by Crippen LogP contribution is -2.49. The van der Waals surface area contributed by atoms with E-state index in [2.05, 4.69) is 10.3 Å². The number of hydrogen-bond acceptors (Lipinski definition) is 3. The predicted molar refractivity (Wildman–Crippen MR) is 80.6 cm³/mol. The maximum absolute atomic E-state index is 13.3. The first-order chi connectivity index (χ1) is 11.1. The second-order valence-corrected chi connectivity index (χ2v) is 5.63. The quantitative estimate of drug-likeness (QED) is 0.930. The van der Waals surface area contributed by atoms with E-state index in [-0.39, 0.29) is 18.4 Å². The number of carbonyl (C=O) groups excluding carboxylic acids is 1. The Morgan fingerprint density at radius 2 is 2.22 bits per heavy atom. The number of nitrogens with zero attached hydrogens (tertiary/aromatic N) is 3. The third-order valence-electron chi connectivity index (χ3n) is 4.06. The van der Waals surface area contributed by atoms with Crippen LogP contribution >= 0.6 is 0 Å². The van der Waals surface area contributed by atoms with E-state index in [0.717, 1.165) is 18.0 Å². The summed E-state index contributed by atoms with van der Waals surface area (Å²) >= 11 is 0. The number of aromatic nitrogens is 2. The SMILES string of the molecule is Cn1ccnc1C1CNCCN1C(=O)Cc1ccc(F)c(F)c1. The third-order valence-corrected chi connectivity index (χ3v) is 4.06. The molecule has 0 bridgehead atoms. The monoisotopic (exact) mass is 320 g/mol. The molecular weight excluding hydrogens is 302 g/mol. The fourth-order valence-corrected chi connectivity index (χ4v) is 2.86. The van der Waals surface area contributed by atoms with Crippen LogP contribution in [0.2, 0.25) is 0 Å². The molecular formula is C16H18F2N4O. The summed E-state index contributed by atoms with van der Waals surface area (Å²) < 4.78 is 28.2. The molecule has 1 aliphatic heterocycles. The molecule has 0 spiro atoms. The minimum atomic E-state index is -0.934. The predicted octanol–water partition coefficient (Wildman–Crippen LogP) is 1.41. The van der Waals surface area contributed by atoms with Gasteiger partial charge in [-0.25, -0.2) is 13.8 Å². The first-order valence-electron chi connectivity index (χ1n) is 7.47. The van der Waals surface area contributed by atoms with E-state index in [4.69, 9.17) is 0 Å². The van der Waals surface area contributed by atoms with Gasteiger partial charge in [-0.1, -0.05) is 6.07 Å². The fraction of sp³-hybridized carbons (Fsp3) is 0.375. The summed E-state index contributed by atoms with van der Waals surface area (Å²) in [5.74, 6) is -1.16. The molecule has 1 N–H and O–H groups in total. The van der Waals surface area contributed by atoms with Crippen LogP contribution in [-0.2, 0) is 18.3 Å². The summed E-state index contributed by atoms with van der Waals surface area (Å²) in [5, 5.41) is 3.26. The largest absolute Gasteiger partial charge is 0.336 e. The van der Waals surface area contributed by atoms with E-state index in [1.54, 1.807) is 11.1 Å². The number of benzene rings is 1. The molecule has 1 saturated heterocycles. The Hall–Kier alpha value is -2.28. The van der Waals surface area contributed by atoms with Gasteiger partial charge < -0.3 is 14.8 Å². The van der Waals surface area contributed by atoms with E-state index in [9.17, 15) is 13.6 Å². The van der Waals surface area contributed by atoms with Crippen LogP contribution < -0.4 is 5.32 Å². The molecule has 23 heavy (non-hydrogen) atoms. The Kier molecular flexibility index (Phi) is 4.38. The summed E-state index contributed by atoms with van der Waals surface area (Å²) in [4.78, 5) is 18.7. The van der Waals surface area contributed by atoms with Crippen molar-refractivity contribution in [2.45, 2.75) is 12.5 Å². The third kappa shape index (κ3) is 3.24. The van der Waals surface area contributed by atoms with E-state index < -0.39 is 11.6 Å². The molecule has 7 heteroatoms. The molecule has 5 nitrogen and oxygen atoms in total. The van der Waals surface area contributed by atoms with Crippen LogP contribution in [0.1, 0.15) is 17.4 Å². The molecule has 1 unspecified atom stereocenters. The first-order valence-corrected chi connectivity index (χ1v) is 7.47. The van der Waals surface area contributed by atoms with Crippen LogP contribution in [0.25, 0.3) is 0 Å². The normalized spacial score (nSPS) is 18.2. The van der Waals surface area contributed by atoms with Gasteiger partial charge in [-0.15, -0.1) is 0 Å². The van der Waals surface area contributed by atoms with Gasteiger partial charge >= 0.3 is 0 Å². The summed E-state index contributed by atoms with van der Waals surface area (Å²) in [6.45, 7) is 1.87. The van der Waals surface area contributed by atoms with E-state index in [1.807, 2.05) is 17.8 Å². The van der Waals surface area contributed by atoms with Crippen molar-refractivity contribution in [2.75, 3.05) is 19.6 Å². The van der Waals surface area contributed by atoms with Gasteiger partial charge in [0.05, 0.1) is 6.42 Å². The number of imidazole rings is 1. The van der Waals surface area contributed by atoms with Gasteiger partial charge in [0.15, 0.2) is 11.6 Å². The number of amides is 1. The Bertz CT molecular complexity index is 716. The summed E-state index contributed by atoms with van der Waals surface area (Å²) in [6, 6.07) is 3.40. The van der Waals surface area contributed by atoms with Crippen molar-refractivity contribution in [3.8, 4) is 0 Å². The molecule has 0 aliphatic carbocycles. The number of hydrogen-bond donors (Lipinski definition) is 1. The minimum Gasteiger partial charge on any atom is -0.336 e. The van der Waals surface area contributed by atoms with Gasteiger partial charge in [0.1, 0.15) is 11.9 Å². The van der Waals surface area contributed by atoms with Crippen LogP contribution in [0.4, 0.5) is 8.78 Å². The highest BCUT2D eigenvalue weighted by Gasteiger charge is 2.30. The van der Waals surface area contributed by atoms with Crippen molar-refractivity contribution < 1.29 is 13.6 Å². The Balaban J connectivity index is 1.78. The van der Waals surface area contributed by atoms with Crippen molar-refractivity contribution in [3.05, 3.63) is 53.6 Å². The van der Waals surface area contributed by atoms with Crippen molar-refractivity contribution >= 4 is 5.91 Å². The van der Waals surface area contributed by atoms with E-state index >= 15 is 0 Å². The Morgan fingerprint density at radius 3 is 2.91 bits per heavy atom. The lowest BCUT2D eigenvalue weighted by molar-refractivity contribution is -0.134. The summed E-state index contributed by atoms with van der Waals surface area (Å²) in [6.07, 6.45) is 3.57. The van der Waals surface area contributed by atoms with Gasteiger partial charge in [-0.3, -0.25) is 4.79 Å². The van der Waals surface area contributed by atoms with E-state index in [0.29, 0.717) is 25.2 Å². The Labute approximate surface area is 132 Å². The molecule has 122 valence electrons. The molecule has 0 saturated carbocycles. The molecule has 1 aromatic carbocycles. The number of halogens is 2. The molecule has 1 atom stereocenters. The average molecular weight is 320 g/mol. The van der Waals surface area contributed by atoms with Crippen LogP contribution in [-0.4, -0.2) is 40.0 Å². The summed E-state index contributed by atoms with van der Waals surface area (Å²) in [7, 11) is 1.88. The zero-order valence-corrected chi connectivity index (χ0v) is 12.8. The number of piperazine rings is 1. The van der Waals surface area contributed by atoms with Crippen molar-refractivity contribution in [3.63, 3.8) is 0 Å². The fourth-order valence-electron chi connectivity index (χ4n) is 2.86. The second-order valence-electron chi connectivity index (χ2n) is 5.63. The summed E-state index contributed by atoms with van der Waals surface area (Å²) in [5.41, 5.74) is 0.464. The number of rotatable bonds is 3. The molecule has 3 rings (SSSR count).